The monoisotopic (exact) mass is 490 g/mol. The van der Waals surface area contributed by atoms with E-state index in [1.54, 1.807) is 14.2 Å². The number of aliphatic imine (C=N–C) groups is 1. The lowest BCUT2D eigenvalue weighted by molar-refractivity contribution is -0.122. The van der Waals surface area contributed by atoms with Gasteiger partial charge < -0.3 is 20.3 Å². The first-order valence-electron chi connectivity index (χ1n) is 9.03. The van der Waals surface area contributed by atoms with Crippen LogP contribution in [0, 0.1) is 0 Å². The van der Waals surface area contributed by atoms with Crippen molar-refractivity contribution in [3.63, 3.8) is 0 Å². The molecule has 6 nitrogen and oxygen atoms in total. The molecule has 0 heterocycles. The number of ether oxygens (including phenoxy) is 1. The van der Waals surface area contributed by atoms with Crippen molar-refractivity contribution in [2.24, 2.45) is 4.99 Å². The number of benzene rings is 1. The van der Waals surface area contributed by atoms with Gasteiger partial charge in [0.1, 0.15) is 5.75 Å². The molecular weight excluding hydrogens is 455 g/mol. The first-order chi connectivity index (χ1) is 12.2. The van der Waals surface area contributed by atoms with Gasteiger partial charge in [0.2, 0.25) is 5.91 Å². The van der Waals surface area contributed by atoms with E-state index in [2.05, 4.69) is 34.7 Å². The maximum Gasteiger partial charge on any atom is 0.240 e. The van der Waals surface area contributed by atoms with E-state index in [1.807, 2.05) is 44.9 Å². The highest BCUT2D eigenvalue weighted by molar-refractivity contribution is 14.0. The highest BCUT2D eigenvalue weighted by Crippen LogP contribution is 2.21. The van der Waals surface area contributed by atoms with Gasteiger partial charge in [0.25, 0.3) is 0 Å². The summed E-state index contributed by atoms with van der Waals surface area (Å²) in [6.07, 6.45) is 0.966. The van der Waals surface area contributed by atoms with E-state index in [0.29, 0.717) is 5.92 Å². The summed E-state index contributed by atoms with van der Waals surface area (Å²) in [7, 11) is 5.27. The zero-order chi connectivity index (χ0) is 19.7. The van der Waals surface area contributed by atoms with E-state index in [-0.39, 0.29) is 42.0 Å². The molecule has 0 spiro atoms. The van der Waals surface area contributed by atoms with Crippen LogP contribution in [0.5, 0.6) is 5.75 Å². The minimum absolute atomic E-state index is 0. The first-order valence-corrected chi connectivity index (χ1v) is 9.03. The average molecular weight is 490 g/mol. The third-order valence-electron chi connectivity index (χ3n) is 4.01. The van der Waals surface area contributed by atoms with Gasteiger partial charge in [0.05, 0.1) is 13.7 Å². The molecule has 1 atom stereocenters. The van der Waals surface area contributed by atoms with E-state index in [9.17, 15) is 4.79 Å². The van der Waals surface area contributed by atoms with Gasteiger partial charge in [-0.15, -0.1) is 24.0 Å². The molecule has 154 valence electrons. The normalized spacial score (nSPS) is 12.6. The minimum atomic E-state index is -0.233. The van der Waals surface area contributed by atoms with Crippen molar-refractivity contribution in [2.75, 3.05) is 34.3 Å². The van der Waals surface area contributed by atoms with Gasteiger partial charge in [0, 0.05) is 26.2 Å². The molecule has 27 heavy (non-hydrogen) atoms. The maximum atomic E-state index is 12.1. The summed E-state index contributed by atoms with van der Waals surface area (Å²) in [5.74, 6) is 1.99. The van der Waals surface area contributed by atoms with Gasteiger partial charge >= 0.3 is 0 Å². The summed E-state index contributed by atoms with van der Waals surface area (Å²) in [5.41, 5.74) is 1.04. The number of hydrogen-bond donors (Lipinski definition) is 2. The largest absolute Gasteiger partial charge is 0.497 e. The highest BCUT2D eigenvalue weighted by atomic mass is 127. The molecular formula is C20H35IN4O2. The summed E-state index contributed by atoms with van der Waals surface area (Å²) in [4.78, 5) is 18.2. The third kappa shape index (κ3) is 9.83. The Hall–Kier alpha value is -1.51. The second-order valence-electron chi connectivity index (χ2n) is 7.59. The number of nitrogens with zero attached hydrogens (tertiary/aromatic N) is 2. The van der Waals surface area contributed by atoms with Crippen molar-refractivity contribution < 1.29 is 9.53 Å². The first kappa shape index (κ1) is 25.5. The number of amides is 1. The molecule has 0 saturated carbocycles. The summed E-state index contributed by atoms with van der Waals surface area (Å²) in [6, 6.07) is 8.17. The predicted molar refractivity (Wildman–Crippen MR) is 123 cm³/mol. The van der Waals surface area contributed by atoms with Crippen LogP contribution in [0.25, 0.3) is 0 Å². The van der Waals surface area contributed by atoms with Crippen molar-refractivity contribution in [3.05, 3.63) is 29.8 Å². The van der Waals surface area contributed by atoms with Crippen LogP contribution < -0.4 is 15.4 Å². The Labute approximate surface area is 181 Å². The van der Waals surface area contributed by atoms with Crippen LogP contribution in [0.15, 0.2) is 29.3 Å². The maximum absolute atomic E-state index is 12.1. The number of carbonyl (C=O) groups is 1. The predicted octanol–water partition coefficient (Wildman–Crippen LogP) is 3.23. The number of halogens is 1. The Balaban J connectivity index is 0.00000676. The van der Waals surface area contributed by atoms with Crippen LogP contribution in [0.2, 0.25) is 0 Å². The number of guanidine groups is 1. The number of carbonyl (C=O) groups excluding carboxylic acids is 1. The molecule has 1 amide bonds. The van der Waals surface area contributed by atoms with Crippen LogP contribution >= 0.6 is 24.0 Å². The SMILES string of the molecule is CN=C(NCCC(C)c1ccc(OC)cc1)N(C)CC(=O)NC(C)(C)C.I. The molecule has 1 rings (SSSR count). The highest BCUT2D eigenvalue weighted by Gasteiger charge is 2.16. The van der Waals surface area contributed by atoms with Gasteiger partial charge in [-0.25, -0.2) is 0 Å². The third-order valence-corrected chi connectivity index (χ3v) is 4.01. The molecule has 0 aliphatic rings. The Morgan fingerprint density at radius 2 is 1.85 bits per heavy atom. The second kappa shape index (κ2) is 12.0. The average Bonchev–Trinajstić information content (AvgIpc) is 2.56. The van der Waals surface area contributed by atoms with Gasteiger partial charge in [-0.3, -0.25) is 9.79 Å². The van der Waals surface area contributed by atoms with Gasteiger partial charge in [-0.2, -0.15) is 0 Å². The van der Waals surface area contributed by atoms with Crippen molar-refractivity contribution in [1.29, 1.82) is 0 Å². The number of rotatable bonds is 7. The molecule has 0 aromatic heterocycles. The van der Waals surface area contributed by atoms with E-state index < -0.39 is 0 Å². The molecule has 2 N–H and O–H groups in total. The summed E-state index contributed by atoms with van der Waals surface area (Å²) >= 11 is 0. The van der Waals surface area contributed by atoms with E-state index in [1.165, 1.54) is 5.56 Å². The molecule has 1 aromatic rings. The number of nitrogens with one attached hydrogen (secondary N) is 2. The second-order valence-corrected chi connectivity index (χ2v) is 7.59. The lowest BCUT2D eigenvalue weighted by atomic mass is 9.98. The van der Waals surface area contributed by atoms with Crippen LogP contribution in [-0.2, 0) is 4.79 Å². The zero-order valence-corrected chi connectivity index (χ0v) is 20.0. The summed E-state index contributed by atoms with van der Waals surface area (Å²) in [6.45, 7) is 9.17. The van der Waals surface area contributed by atoms with E-state index in [4.69, 9.17) is 4.74 Å². The summed E-state index contributed by atoms with van der Waals surface area (Å²) in [5, 5.41) is 6.29. The smallest absolute Gasteiger partial charge is 0.240 e. The molecule has 1 aromatic carbocycles. The van der Waals surface area contributed by atoms with Crippen molar-refractivity contribution in [1.82, 2.24) is 15.5 Å². The Morgan fingerprint density at radius 3 is 2.33 bits per heavy atom. The standard InChI is InChI=1S/C20H34N4O2.HI/c1-15(16-8-10-17(26-7)11-9-16)12-13-22-19(21-5)24(6)14-18(25)23-20(2,3)4;/h8-11,15H,12-14H2,1-7H3,(H,21,22)(H,23,25);1H. The van der Waals surface area contributed by atoms with Crippen molar-refractivity contribution >= 4 is 35.8 Å². The molecule has 0 aliphatic heterocycles. The molecule has 0 fully saturated rings. The number of likely N-dealkylation sites (N-methyl/N-ethyl adjacent to an activating group) is 1. The zero-order valence-electron chi connectivity index (χ0n) is 17.6. The quantitative estimate of drug-likeness (QED) is 0.350. The van der Waals surface area contributed by atoms with Crippen LogP contribution in [-0.4, -0.2) is 56.6 Å². The lowest BCUT2D eigenvalue weighted by Crippen LogP contribution is -2.48. The number of methoxy groups -OCH3 is 1. The van der Waals surface area contributed by atoms with Crippen LogP contribution in [0.4, 0.5) is 0 Å². The van der Waals surface area contributed by atoms with Crippen LogP contribution in [0.1, 0.15) is 45.6 Å². The van der Waals surface area contributed by atoms with Gasteiger partial charge in [0.15, 0.2) is 5.96 Å². The fraction of sp³-hybridized carbons (Fsp3) is 0.600. The Kier molecular flexibility index (Phi) is 11.4. The van der Waals surface area contributed by atoms with Crippen molar-refractivity contribution in [3.8, 4) is 5.75 Å². The topological polar surface area (TPSA) is 66.0 Å². The van der Waals surface area contributed by atoms with Gasteiger partial charge in [-0.1, -0.05) is 19.1 Å². The van der Waals surface area contributed by atoms with Gasteiger partial charge in [-0.05, 0) is 50.8 Å². The van der Waals surface area contributed by atoms with E-state index in [0.717, 1.165) is 24.7 Å². The van der Waals surface area contributed by atoms with Crippen LogP contribution in [0.3, 0.4) is 0 Å². The molecule has 7 heteroatoms. The molecule has 0 bridgehead atoms. The van der Waals surface area contributed by atoms with E-state index >= 15 is 0 Å². The van der Waals surface area contributed by atoms with Crippen molar-refractivity contribution in [2.45, 2.75) is 45.6 Å². The molecule has 0 radical (unpaired) electrons. The molecule has 0 aliphatic carbocycles. The Morgan fingerprint density at radius 1 is 1.26 bits per heavy atom. The molecule has 0 saturated heterocycles. The summed E-state index contributed by atoms with van der Waals surface area (Å²) < 4.78 is 5.20. The fourth-order valence-corrected chi connectivity index (χ4v) is 2.63. The Bertz CT molecular complexity index is 597. The molecule has 1 unspecified atom stereocenters. The lowest BCUT2D eigenvalue weighted by Gasteiger charge is -2.25. The minimum Gasteiger partial charge on any atom is -0.497 e. The fourth-order valence-electron chi connectivity index (χ4n) is 2.63. The number of hydrogen-bond acceptors (Lipinski definition) is 3.